The first-order valence-electron chi connectivity index (χ1n) is 6.20. The second kappa shape index (κ2) is 6.34. The number of aryl methyl sites for hydroxylation is 1. The third-order valence-electron chi connectivity index (χ3n) is 3.16. The molecule has 1 N–H and O–H groups in total. The highest BCUT2D eigenvalue weighted by Crippen LogP contribution is 2.17. The Morgan fingerprint density at radius 2 is 1.89 bits per heavy atom. The Kier molecular flexibility index (Phi) is 4.78. The molecule has 18 heavy (non-hydrogen) atoms. The zero-order valence-electron chi connectivity index (χ0n) is 10.8. The van der Waals surface area contributed by atoms with Gasteiger partial charge in [-0.25, -0.2) is 0 Å². The number of benzene rings is 2. The quantitative estimate of drug-likeness (QED) is 0.803. The molecule has 2 heteroatoms. The third-order valence-corrected chi connectivity index (χ3v) is 3.83. The molecule has 0 unspecified atom stereocenters. The summed E-state index contributed by atoms with van der Waals surface area (Å²) in [5, 5.41) is 3.58. The Bertz CT molecular complexity index is 522. The summed E-state index contributed by atoms with van der Waals surface area (Å²) in [6, 6.07) is 17.5. The van der Waals surface area contributed by atoms with Gasteiger partial charge < -0.3 is 5.32 Å². The van der Waals surface area contributed by atoms with E-state index in [0.29, 0.717) is 6.04 Å². The SMILES string of the molecule is Cc1ccccc1[C@@H](C)NCc1cccc(I)c1. The lowest BCUT2D eigenvalue weighted by molar-refractivity contribution is 0.572. The lowest BCUT2D eigenvalue weighted by Crippen LogP contribution is -2.18. The van der Waals surface area contributed by atoms with Crippen LogP contribution in [-0.4, -0.2) is 0 Å². The van der Waals surface area contributed by atoms with Gasteiger partial charge in [0.2, 0.25) is 0 Å². The van der Waals surface area contributed by atoms with Crippen LogP contribution in [0.2, 0.25) is 0 Å². The van der Waals surface area contributed by atoms with E-state index in [2.05, 4.69) is 90.3 Å². The van der Waals surface area contributed by atoms with E-state index < -0.39 is 0 Å². The van der Waals surface area contributed by atoms with E-state index in [0.717, 1.165) is 6.54 Å². The Morgan fingerprint density at radius 1 is 1.11 bits per heavy atom. The molecular weight excluding hydrogens is 333 g/mol. The molecule has 2 aromatic carbocycles. The molecular formula is C16H18IN. The summed E-state index contributed by atoms with van der Waals surface area (Å²) in [5.74, 6) is 0. The largest absolute Gasteiger partial charge is 0.306 e. The molecule has 2 aromatic rings. The van der Waals surface area contributed by atoms with Gasteiger partial charge >= 0.3 is 0 Å². The number of rotatable bonds is 4. The Morgan fingerprint density at radius 3 is 2.61 bits per heavy atom. The lowest BCUT2D eigenvalue weighted by atomic mass is 10.0. The van der Waals surface area contributed by atoms with Crippen LogP contribution in [0.1, 0.15) is 29.7 Å². The van der Waals surface area contributed by atoms with E-state index in [1.807, 2.05) is 0 Å². The van der Waals surface area contributed by atoms with Gasteiger partial charge in [0, 0.05) is 16.2 Å². The first-order valence-corrected chi connectivity index (χ1v) is 7.28. The van der Waals surface area contributed by atoms with Crippen LogP contribution < -0.4 is 5.32 Å². The van der Waals surface area contributed by atoms with Crippen LogP contribution in [0.4, 0.5) is 0 Å². The van der Waals surface area contributed by atoms with Gasteiger partial charge in [0.15, 0.2) is 0 Å². The highest BCUT2D eigenvalue weighted by molar-refractivity contribution is 14.1. The highest BCUT2D eigenvalue weighted by atomic mass is 127. The Balaban J connectivity index is 2.00. The molecule has 0 saturated carbocycles. The van der Waals surface area contributed by atoms with Crippen molar-refractivity contribution >= 4 is 22.6 Å². The van der Waals surface area contributed by atoms with E-state index in [1.54, 1.807) is 0 Å². The second-order valence-electron chi connectivity index (χ2n) is 4.59. The van der Waals surface area contributed by atoms with Crippen molar-refractivity contribution in [3.05, 3.63) is 68.8 Å². The summed E-state index contributed by atoms with van der Waals surface area (Å²) < 4.78 is 1.29. The van der Waals surface area contributed by atoms with Gasteiger partial charge in [0.05, 0.1) is 0 Å². The van der Waals surface area contributed by atoms with Crippen LogP contribution in [0.3, 0.4) is 0 Å². The van der Waals surface area contributed by atoms with E-state index in [4.69, 9.17) is 0 Å². The van der Waals surface area contributed by atoms with Crippen LogP contribution in [0, 0.1) is 10.5 Å². The molecule has 2 rings (SSSR count). The fraction of sp³-hybridized carbons (Fsp3) is 0.250. The van der Waals surface area contributed by atoms with E-state index in [-0.39, 0.29) is 0 Å². The third kappa shape index (κ3) is 3.56. The van der Waals surface area contributed by atoms with E-state index in [1.165, 1.54) is 20.3 Å². The summed E-state index contributed by atoms with van der Waals surface area (Å²) in [6.07, 6.45) is 0. The van der Waals surface area contributed by atoms with Gasteiger partial charge in [0.1, 0.15) is 0 Å². The molecule has 0 radical (unpaired) electrons. The van der Waals surface area contributed by atoms with Crippen LogP contribution in [0.25, 0.3) is 0 Å². The smallest absolute Gasteiger partial charge is 0.0297 e. The molecule has 0 aromatic heterocycles. The molecule has 0 fully saturated rings. The molecule has 0 aliphatic rings. The van der Waals surface area contributed by atoms with Crippen LogP contribution >= 0.6 is 22.6 Å². The molecule has 1 nitrogen and oxygen atoms in total. The van der Waals surface area contributed by atoms with Crippen molar-refractivity contribution in [3.8, 4) is 0 Å². The predicted octanol–water partition coefficient (Wildman–Crippen LogP) is 4.45. The molecule has 0 bridgehead atoms. The number of halogens is 1. The van der Waals surface area contributed by atoms with E-state index >= 15 is 0 Å². The monoisotopic (exact) mass is 351 g/mol. The van der Waals surface area contributed by atoms with Gasteiger partial charge in [-0.2, -0.15) is 0 Å². The van der Waals surface area contributed by atoms with Crippen LogP contribution in [0.5, 0.6) is 0 Å². The first kappa shape index (κ1) is 13.6. The lowest BCUT2D eigenvalue weighted by Gasteiger charge is -2.16. The highest BCUT2D eigenvalue weighted by Gasteiger charge is 2.06. The Hall–Kier alpha value is -0.870. The average molecular weight is 351 g/mol. The molecule has 0 heterocycles. The van der Waals surface area contributed by atoms with Crippen molar-refractivity contribution in [1.82, 2.24) is 5.32 Å². The number of nitrogens with one attached hydrogen (secondary N) is 1. The average Bonchev–Trinajstić information content (AvgIpc) is 2.37. The summed E-state index contributed by atoms with van der Waals surface area (Å²) in [7, 11) is 0. The molecule has 94 valence electrons. The normalized spacial score (nSPS) is 12.4. The molecule has 1 atom stereocenters. The maximum atomic E-state index is 3.58. The molecule has 0 aliphatic carbocycles. The van der Waals surface area contributed by atoms with Crippen molar-refractivity contribution in [3.63, 3.8) is 0 Å². The van der Waals surface area contributed by atoms with Crippen molar-refractivity contribution in [2.75, 3.05) is 0 Å². The molecule has 0 saturated heterocycles. The molecule has 0 spiro atoms. The zero-order chi connectivity index (χ0) is 13.0. The fourth-order valence-electron chi connectivity index (χ4n) is 2.10. The van der Waals surface area contributed by atoms with Gasteiger partial charge in [-0.05, 0) is 65.3 Å². The van der Waals surface area contributed by atoms with Gasteiger partial charge in [-0.3, -0.25) is 0 Å². The minimum absolute atomic E-state index is 0.379. The minimum atomic E-state index is 0.379. The van der Waals surface area contributed by atoms with Gasteiger partial charge in [-0.15, -0.1) is 0 Å². The fourth-order valence-corrected chi connectivity index (χ4v) is 2.71. The van der Waals surface area contributed by atoms with Gasteiger partial charge in [0.25, 0.3) is 0 Å². The van der Waals surface area contributed by atoms with Crippen molar-refractivity contribution < 1.29 is 0 Å². The topological polar surface area (TPSA) is 12.0 Å². The zero-order valence-corrected chi connectivity index (χ0v) is 12.9. The maximum absolute atomic E-state index is 3.58. The summed E-state index contributed by atoms with van der Waals surface area (Å²) in [5.41, 5.74) is 4.06. The molecule has 0 aliphatic heterocycles. The minimum Gasteiger partial charge on any atom is -0.306 e. The summed E-state index contributed by atoms with van der Waals surface area (Å²) in [6.45, 7) is 5.29. The second-order valence-corrected chi connectivity index (χ2v) is 5.83. The van der Waals surface area contributed by atoms with Crippen LogP contribution in [0.15, 0.2) is 48.5 Å². The van der Waals surface area contributed by atoms with Gasteiger partial charge in [-0.1, -0.05) is 36.4 Å². The number of hydrogen-bond donors (Lipinski definition) is 1. The van der Waals surface area contributed by atoms with Crippen molar-refractivity contribution in [2.24, 2.45) is 0 Å². The van der Waals surface area contributed by atoms with Crippen LogP contribution in [-0.2, 0) is 6.54 Å². The standard InChI is InChI=1S/C16H18IN/c1-12-6-3-4-9-16(12)13(2)18-11-14-7-5-8-15(17)10-14/h3-10,13,18H,11H2,1-2H3/t13-/m1/s1. The van der Waals surface area contributed by atoms with Crippen molar-refractivity contribution in [2.45, 2.75) is 26.4 Å². The summed E-state index contributed by atoms with van der Waals surface area (Å²) >= 11 is 2.35. The first-order chi connectivity index (χ1) is 8.66. The predicted molar refractivity (Wildman–Crippen MR) is 85.6 cm³/mol. The van der Waals surface area contributed by atoms with Crippen molar-refractivity contribution in [1.29, 1.82) is 0 Å². The molecule has 0 amide bonds. The maximum Gasteiger partial charge on any atom is 0.0297 e. The van der Waals surface area contributed by atoms with E-state index in [9.17, 15) is 0 Å². The summed E-state index contributed by atoms with van der Waals surface area (Å²) in [4.78, 5) is 0. The Labute approximate surface area is 123 Å². The number of hydrogen-bond acceptors (Lipinski definition) is 1.